The van der Waals surface area contributed by atoms with E-state index in [0.717, 1.165) is 36.1 Å². The molecule has 1 aromatic heterocycles. The molecule has 5 nitrogen and oxygen atoms in total. The highest BCUT2D eigenvalue weighted by Gasteiger charge is 2.09. The number of nitrogens with zero attached hydrogens (tertiary/aromatic N) is 2. The summed E-state index contributed by atoms with van der Waals surface area (Å²) in [7, 11) is 0. The van der Waals surface area contributed by atoms with Crippen molar-refractivity contribution in [2.75, 3.05) is 26.2 Å². The number of halogens is 1. The summed E-state index contributed by atoms with van der Waals surface area (Å²) in [4.78, 5) is 18.7. The van der Waals surface area contributed by atoms with Gasteiger partial charge in [0.25, 0.3) is 0 Å². The van der Waals surface area contributed by atoms with Gasteiger partial charge in [-0.25, -0.2) is 4.98 Å². The summed E-state index contributed by atoms with van der Waals surface area (Å²) in [6, 6.07) is 7.21. The zero-order valence-corrected chi connectivity index (χ0v) is 16.2. The number of ether oxygens (including phenoxy) is 1. The predicted molar refractivity (Wildman–Crippen MR) is 102 cm³/mol. The van der Waals surface area contributed by atoms with Crippen molar-refractivity contribution in [3.63, 3.8) is 0 Å². The van der Waals surface area contributed by atoms with Crippen LogP contribution in [0.15, 0.2) is 29.6 Å². The molecule has 0 aliphatic rings. The monoisotopic (exact) mass is 381 g/mol. The summed E-state index contributed by atoms with van der Waals surface area (Å²) in [5, 5.41) is 6.37. The first-order valence-electron chi connectivity index (χ1n) is 8.41. The normalized spacial score (nSPS) is 10.9. The second-order valence-electron chi connectivity index (χ2n) is 5.53. The largest absolute Gasteiger partial charge is 0.486 e. The number of hydrogen-bond donors (Lipinski definition) is 1. The Kier molecular flexibility index (Phi) is 8.18. The molecule has 25 heavy (non-hydrogen) atoms. The lowest BCUT2D eigenvalue weighted by Crippen LogP contribution is -2.35. The van der Waals surface area contributed by atoms with Crippen molar-refractivity contribution < 1.29 is 9.53 Å². The molecule has 0 aliphatic heterocycles. The van der Waals surface area contributed by atoms with Crippen LogP contribution in [0.2, 0.25) is 5.02 Å². The van der Waals surface area contributed by atoms with E-state index in [2.05, 4.69) is 29.0 Å². The van der Waals surface area contributed by atoms with Crippen LogP contribution in [0.3, 0.4) is 0 Å². The van der Waals surface area contributed by atoms with Crippen LogP contribution in [0.5, 0.6) is 5.75 Å². The summed E-state index contributed by atoms with van der Waals surface area (Å²) in [5.41, 5.74) is 0.778. The van der Waals surface area contributed by atoms with Crippen molar-refractivity contribution in [1.29, 1.82) is 0 Å². The Balaban J connectivity index is 1.73. The molecule has 0 saturated carbocycles. The number of benzene rings is 1. The number of amides is 1. The van der Waals surface area contributed by atoms with Crippen molar-refractivity contribution in [2.24, 2.45) is 0 Å². The fourth-order valence-electron chi connectivity index (χ4n) is 2.29. The van der Waals surface area contributed by atoms with Crippen LogP contribution in [0.4, 0.5) is 0 Å². The minimum Gasteiger partial charge on any atom is -0.486 e. The highest BCUT2D eigenvalue weighted by molar-refractivity contribution is 7.09. The molecule has 1 N–H and O–H groups in total. The third kappa shape index (κ3) is 7.02. The van der Waals surface area contributed by atoms with Gasteiger partial charge in [-0.3, -0.25) is 4.79 Å². The maximum atomic E-state index is 12.0. The van der Waals surface area contributed by atoms with Crippen LogP contribution in [-0.4, -0.2) is 42.0 Å². The lowest BCUT2D eigenvalue weighted by Gasteiger charge is -2.17. The fraction of sp³-hybridized carbons (Fsp3) is 0.444. The molecule has 0 aliphatic carbocycles. The van der Waals surface area contributed by atoms with Gasteiger partial charge in [0, 0.05) is 23.5 Å². The fourth-order valence-corrected chi connectivity index (χ4v) is 3.12. The minimum atomic E-state index is 0.00243. The molecule has 0 fully saturated rings. The molecule has 0 atom stereocenters. The summed E-state index contributed by atoms with van der Waals surface area (Å²) in [6.07, 6.45) is 0.301. The number of thiazole rings is 1. The number of nitrogens with one attached hydrogen (secondary N) is 1. The number of carbonyl (C=O) groups excluding carboxylic acids is 1. The summed E-state index contributed by atoms with van der Waals surface area (Å²) in [6.45, 7) is 8.15. The molecular weight excluding hydrogens is 358 g/mol. The van der Waals surface area contributed by atoms with Crippen molar-refractivity contribution >= 4 is 28.8 Å². The van der Waals surface area contributed by atoms with Crippen LogP contribution in [0, 0.1) is 0 Å². The summed E-state index contributed by atoms with van der Waals surface area (Å²) < 4.78 is 5.66. The van der Waals surface area contributed by atoms with E-state index >= 15 is 0 Å². The Morgan fingerprint density at radius 3 is 2.68 bits per heavy atom. The molecule has 0 bridgehead atoms. The predicted octanol–water partition coefficient (Wildman–Crippen LogP) is 3.38. The second-order valence-corrected chi connectivity index (χ2v) is 6.91. The Hall–Kier alpha value is -1.63. The van der Waals surface area contributed by atoms with Crippen LogP contribution >= 0.6 is 22.9 Å². The van der Waals surface area contributed by atoms with E-state index in [0.29, 0.717) is 24.6 Å². The standard InChI is InChI=1S/C18H24ClN3O2S/c1-3-22(4-2)10-9-20-17(23)11-15-13-25-18(21-15)12-24-16-7-5-14(19)6-8-16/h5-8,13H,3-4,9-12H2,1-2H3,(H,20,23). The molecule has 0 radical (unpaired) electrons. The van der Waals surface area contributed by atoms with Gasteiger partial charge in [0.1, 0.15) is 17.4 Å². The van der Waals surface area contributed by atoms with Crippen molar-refractivity contribution in [2.45, 2.75) is 26.9 Å². The lowest BCUT2D eigenvalue weighted by molar-refractivity contribution is -0.120. The first kappa shape index (κ1) is 19.7. The maximum absolute atomic E-state index is 12.0. The Bertz CT molecular complexity index is 657. The van der Waals surface area contributed by atoms with Gasteiger partial charge in [-0.05, 0) is 37.4 Å². The van der Waals surface area contributed by atoms with E-state index in [1.54, 1.807) is 12.1 Å². The smallest absolute Gasteiger partial charge is 0.226 e. The Morgan fingerprint density at radius 1 is 1.28 bits per heavy atom. The van der Waals surface area contributed by atoms with E-state index in [4.69, 9.17) is 16.3 Å². The molecule has 2 aromatic rings. The van der Waals surface area contributed by atoms with Gasteiger partial charge in [0.05, 0.1) is 12.1 Å². The SMILES string of the molecule is CCN(CC)CCNC(=O)Cc1csc(COc2ccc(Cl)cc2)n1. The van der Waals surface area contributed by atoms with Crippen molar-refractivity contribution in [3.05, 3.63) is 45.4 Å². The first-order valence-corrected chi connectivity index (χ1v) is 9.67. The molecule has 136 valence electrons. The number of rotatable bonds is 10. The third-order valence-electron chi connectivity index (χ3n) is 3.76. The van der Waals surface area contributed by atoms with Gasteiger partial charge in [0.15, 0.2) is 0 Å². The molecule has 2 rings (SSSR count). The maximum Gasteiger partial charge on any atom is 0.226 e. The van der Waals surface area contributed by atoms with Crippen LogP contribution in [0.1, 0.15) is 24.5 Å². The molecule has 0 spiro atoms. The lowest BCUT2D eigenvalue weighted by atomic mass is 10.3. The highest BCUT2D eigenvalue weighted by Crippen LogP contribution is 2.18. The van der Waals surface area contributed by atoms with Crippen LogP contribution < -0.4 is 10.1 Å². The zero-order valence-electron chi connectivity index (χ0n) is 14.6. The van der Waals surface area contributed by atoms with Crippen molar-refractivity contribution in [1.82, 2.24) is 15.2 Å². The minimum absolute atomic E-state index is 0.00243. The van der Waals surface area contributed by atoms with E-state index in [1.807, 2.05) is 17.5 Å². The number of carbonyl (C=O) groups is 1. The molecule has 0 unspecified atom stereocenters. The van der Waals surface area contributed by atoms with Gasteiger partial charge >= 0.3 is 0 Å². The number of hydrogen-bond acceptors (Lipinski definition) is 5. The average molecular weight is 382 g/mol. The van der Waals surface area contributed by atoms with Gasteiger partial charge in [0.2, 0.25) is 5.91 Å². The third-order valence-corrected chi connectivity index (χ3v) is 4.88. The molecule has 1 amide bonds. The van der Waals surface area contributed by atoms with Gasteiger partial charge in [-0.2, -0.15) is 0 Å². The quantitative estimate of drug-likeness (QED) is 0.685. The van der Waals surface area contributed by atoms with Crippen LogP contribution in [-0.2, 0) is 17.8 Å². The van der Waals surface area contributed by atoms with E-state index < -0.39 is 0 Å². The molecule has 0 saturated heterocycles. The molecular formula is C18H24ClN3O2S. The first-order chi connectivity index (χ1) is 12.1. The van der Waals surface area contributed by atoms with Crippen molar-refractivity contribution in [3.8, 4) is 5.75 Å². The molecule has 1 aromatic carbocycles. The Labute approximate surface area is 158 Å². The van der Waals surface area contributed by atoms with Crippen LogP contribution in [0.25, 0.3) is 0 Å². The molecule has 7 heteroatoms. The van der Waals surface area contributed by atoms with Gasteiger partial charge in [-0.15, -0.1) is 11.3 Å². The van der Waals surface area contributed by atoms with Gasteiger partial charge in [-0.1, -0.05) is 25.4 Å². The molecule has 1 heterocycles. The highest BCUT2D eigenvalue weighted by atomic mass is 35.5. The average Bonchev–Trinajstić information content (AvgIpc) is 3.05. The number of aromatic nitrogens is 1. The second kappa shape index (κ2) is 10.4. The van der Waals surface area contributed by atoms with E-state index in [1.165, 1.54) is 11.3 Å². The van der Waals surface area contributed by atoms with Gasteiger partial charge < -0.3 is 15.0 Å². The summed E-state index contributed by atoms with van der Waals surface area (Å²) >= 11 is 7.34. The number of likely N-dealkylation sites (N-methyl/N-ethyl adjacent to an activating group) is 1. The topological polar surface area (TPSA) is 54.5 Å². The van der Waals surface area contributed by atoms with E-state index in [-0.39, 0.29) is 5.91 Å². The van der Waals surface area contributed by atoms with E-state index in [9.17, 15) is 4.79 Å². The Morgan fingerprint density at radius 2 is 2.00 bits per heavy atom. The zero-order chi connectivity index (χ0) is 18.1. The summed E-state index contributed by atoms with van der Waals surface area (Å²) in [5.74, 6) is 0.748.